The normalized spacial score (nSPS) is 10.1. The summed E-state index contributed by atoms with van der Waals surface area (Å²) in [4.78, 5) is 4.04. The number of phenolic OH excluding ortho intramolecular Hbond substituents is 1. The monoisotopic (exact) mass is 215 g/mol. The van der Waals surface area contributed by atoms with Gasteiger partial charge in [0.2, 0.25) is 0 Å². The number of aromatic hydroxyl groups is 1. The minimum absolute atomic E-state index is 0.282. The molecule has 1 N–H and O–H groups in total. The largest absolute Gasteiger partial charge is 0.508 e. The van der Waals surface area contributed by atoms with Crippen molar-refractivity contribution in [3.63, 3.8) is 0 Å². The molecule has 82 valence electrons. The number of hydrogen-bond acceptors (Lipinski definition) is 3. The summed E-state index contributed by atoms with van der Waals surface area (Å²) in [6, 6.07) is 9.08. The molecule has 3 nitrogen and oxygen atoms in total. The first-order valence-electron chi connectivity index (χ1n) is 5.04. The molecule has 0 unspecified atom stereocenters. The van der Waals surface area contributed by atoms with Crippen molar-refractivity contribution in [2.24, 2.45) is 0 Å². The molecule has 3 heteroatoms. The Balaban J connectivity index is 2.27. The quantitative estimate of drug-likeness (QED) is 0.854. The molecule has 0 bridgehead atoms. The highest BCUT2D eigenvalue weighted by Gasteiger charge is 2.04. The maximum atomic E-state index is 9.72. The summed E-state index contributed by atoms with van der Waals surface area (Å²) < 4.78 is 5.12. The Morgan fingerprint density at radius 1 is 1.31 bits per heavy atom. The van der Waals surface area contributed by atoms with E-state index >= 15 is 0 Å². The average molecular weight is 215 g/mol. The number of ether oxygens (including phenoxy) is 1. The highest BCUT2D eigenvalue weighted by Crippen LogP contribution is 2.24. The summed E-state index contributed by atoms with van der Waals surface area (Å²) in [6.07, 6.45) is 4.17. The van der Waals surface area contributed by atoms with Crippen LogP contribution in [0.15, 0.2) is 42.7 Å². The van der Waals surface area contributed by atoms with Crippen molar-refractivity contribution in [1.82, 2.24) is 4.98 Å². The molecule has 0 saturated carbocycles. The average Bonchev–Trinajstić information content (AvgIpc) is 2.33. The van der Waals surface area contributed by atoms with Crippen molar-refractivity contribution in [3.05, 3.63) is 53.9 Å². The van der Waals surface area contributed by atoms with Crippen molar-refractivity contribution in [3.8, 4) is 11.5 Å². The van der Waals surface area contributed by atoms with E-state index in [4.69, 9.17) is 4.74 Å². The minimum Gasteiger partial charge on any atom is -0.508 e. The number of phenols is 1. The van der Waals surface area contributed by atoms with Gasteiger partial charge in [0.25, 0.3) is 0 Å². The maximum absolute atomic E-state index is 9.72. The first-order valence-corrected chi connectivity index (χ1v) is 5.04. The molecule has 0 aliphatic rings. The van der Waals surface area contributed by atoms with Crippen LogP contribution in [-0.4, -0.2) is 17.2 Å². The lowest BCUT2D eigenvalue weighted by molar-refractivity contribution is 0.411. The van der Waals surface area contributed by atoms with Gasteiger partial charge < -0.3 is 9.84 Å². The summed E-state index contributed by atoms with van der Waals surface area (Å²) >= 11 is 0. The third-order valence-corrected chi connectivity index (χ3v) is 2.40. The topological polar surface area (TPSA) is 42.4 Å². The third-order valence-electron chi connectivity index (χ3n) is 2.40. The molecular weight excluding hydrogens is 202 g/mol. The van der Waals surface area contributed by atoms with Crippen LogP contribution in [0.1, 0.15) is 11.1 Å². The Morgan fingerprint density at radius 3 is 2.88 bits per heavy atom. The predicted molar refractivity (Wildman–Crippen MR) is 61.7 cm³/mol. The van der Waals surface area contributed by atoms with Gasteiger partial charge in [-0.2, -0.15) is 0 Å². The maximum Gasteiger partial charge on any atom is 0.119 e. The van der Waals surface area contributed by atoms with Crippen LogP contribution in [0.5, 0.6) is 11.5 Å². The first-order chi connectivity index (χ1) is 7.79. The second kappa shape index (κ2) is 4.66. The van der Waals surface area contributed by atoms with E-state index in [2.05, 4.69) is 4.98 Å². The third kappa shape index (κ3) is 2.31. The Bertz CT molecular complexity index is 469. The second-order valence-electron chi connectivity index (χ2n) is 3.53. The number of pyridine rings is 1. The van der Waals surface area contributed by atoms with Gasteiger partial charge in [0, 0.05) is 24.4 Å². The van der Waals surface area contributed by atoms with E-state index in [9.17, 15) is 5.11 Å². The fraction of sp³-hybridized carbons (Fsp3) is 0.154. The molecule has 0 aliphatic carbocycles. The number of aromatic nitrogens is 1. The molecule has 0 saturated heterocycles. The summed E-state index contributed by atoms with van der Waals surface area (Å²) in [5.41, 5.74) is 1.90. The van der Waals surface area contributed by atoms with Crippen LogP contribution < -0.4 is 4.74 Å². The molecule has 0 radical (unpaired) electrons. The molecule has 1 aromatic heterocycles. The second-order valence-corrected chi connectivity index (χ2v) is 3.53. The highest BCUT2D eigenvalue weighted by atomic mass is 16.5. The van der Waals surface area contributed by atoms with Crippen LogP contribution in [0, 0.1) is 0 Å². The lowest BCUT2D eigenvalue weighted by atomic mass is 10.1. The smallest absolute Gasteiger partial charge is 0.119 e. The van der Waals surface area contributed by atoms with Gasteiger partial charge in [-0.25, -0.2) is 0 Å². The zero-order valence-electron chi connectivity index (χ0n) is 9.05. The lowest BCUT2D eigenvalue weighted by Crippen LogP contribution is -1.91. The molecule has 0 atom stereocenters. The van der Waals surface area contributed by atoms with E-state index in [-0.39, 0.29) is 5.75 Å². The molecule has 2 aromatic rings. The van der Waals surface area contributed by atoms with Crippen molar-refractivity contribution in [1.29, 1.82) is 0 Å². The molecule has 16 heavy (non-hydrogen) atoms. The van der Waals surface area contributed by atoms with Gasteiger partial charge >= 0.3 is 0 Å². The summed E-state index contributed by atoms with van der Waals surface area (Å²) in [7, 11) is 1.61. The van der Waals surface area contributed by atoms with Crippen molar-refractivity contribution in [2.75, 3.05) is 7.11 Å². The molecule has 0 fully saturated rings. The number of nitrogens with zero attached hydrogens (tertiary/aromatic N) is 1. The molecular formula is C13H13NO2. The molecule has 0 aliphatic heterocycles. The van der Waals surface area contributed by atoms with E-state index in [0.717, 1.165) is 16.9 Å². The Morgan fingerprint density at radius 2 is 2.19 bits per heavy atom. The fourth-order valence-corrected chi connectivity index (χ4v) is 1.55. The standard InChI is InChI=1S/C13H13NO2/c1-16-12-4-5-13(15)11(8-12)7-10-3-2-6-14-9-10/h2-6,8-9,15H,7H2,1H3. The highest BCUT2D eigenvalue weighted by molar-refractivity contribution is 5.41. The number of methoxy groups -OCH3 is 1. The van der Waals surface area contributed by atoms with Gasteiger partial charge in [-0.15, -0.1) is 0 Å². The van der Waals surface area contributed by atoms with E-state index in [1.807, 2.05) is 18.2 Å². The van der Waals surface area contributed by atoms with Gasteiger partial charge in [-0.05, 0) is 29.8 Å². The van der Waals surface area contributed by atoms with Crippen LogP contribution in [0.4, 0.5) is 0 Å². The SMILES string of the molecule is COc1ccc(O)c(Cc2cccnc2)c1. The molecule has 1 aromatic carbocycles. The van der Waals surface area contributed by atoms with Gasteiger partial charge in [0.05, 0.1) is 7.11 Å². The number of hydrogen-bond donors (Lipinski definition) is 1. The molecule has 2 rings (SSSR count). The van der Waals surface area contributed by atoms with Crippen LogP contribution in [-0.2, 0) is 6.42 Å². The minimum atomic E-state index is 0.282. The number of benzene rings is 1. The van der Waals surface area contributed by atoms with E-state index in [1.54, 1.807) is 31.6 Å². The molecule has 1 heterocycles. The van der Waals surface area contributed by atoms with Gasteiger partial charge in [0.1, 0.15) is 11.5 Å². The summed E-state index contributed by atoms with van der Waals surface area (Å²) in [5.74, 6) is 1.03. The number of rotatable bonds is 3. The van der Waals surface area contributed by atoms with Crippen LogP contribution in [0.3, 0.4) is 0 Å². The first kappa shape index (κ1) is 10.5. The van der Waals surface area contributed by atoms with Gasteiger partial charge in [-0.3, -0.25) is 4.98 Å². The zero-order chi connectivity index (χ0) is 11.4. The Kier molecular flexibility index (Phi) is 3.05. The van der Waals surface area contributed by atoms with E-state index in [1.165, 1.54) is 0 Å². The Hall–Kier alpha value is -2.03. The zero-order valence-corrected chi connectivity index (χ0v) is 9.05. The van der Waals surface area contributed by atoms with Crippen molar-refractivity contribution < 1.29 is 9.84 Å². The van der Waals surface area contributed by atoms with Crippen molar-refractivity contribution in [2.45, 2.75) is 6.42 Å². The van der Waals surface area contributed by atoms with E-state index in [0.29, 0.717) is 6.42 Å². The molecule has 0 amide bonds. The van der Waals surface area contributed by atoms with Crippen molar-refractivity contribution >= 4 is 0 Å². The summed E-state index contributed by atoms with van der Waals surface area (Å²) in [5, 5.41) is 9.72. The van der Waals surface area contributed by atoms with Gasteiger partial charge in [-0.1, -0.05) is 6.07 Å². The Labute approximate surface area is 94.3 Å². The molecule has 0 spiro atoms. The van der Waals surface area contributed by atoms with Gasteiger partial charge in [0.15, 0.2) is 0 Å². The van der Waals surface area contributed by atoms with Crippen LogP contribution in [0.2, 0.25) is 0 Å². The van der Waals surface area contributed by atoms with E-state index < -0.39 is 0 Å². The summed E-state index contributed by atoms with van der Waals surface area (Å²) in [6.45, 7) is 0. The lowest BCUT2D eigenvalue weighted by Gasteiger charge is -2.07. The van der Waals surface area contributed by atoms with Crippen LogP contribution in [0.25, 0.3) is 0 Å². The van der Waals surface area contributed by atoms with Crippen LogP contribution >= 0.6 is 0 Å². The predicted octanol–water partition coefficient (Wildman–Crippen LogP) is 2.39. The fourth-order valence-electron chi connectivity index (χ4n) is 1.55.